The van der Waals surface area contributed by atoms with Crippen LogP contribution in [0, 0.1) is 0 Å². The maximum Gasteiger partial charge on any atom is 0.202 e. The van der Waals surface area contributed by atoms with Crippen molar-refractivity contribution in [3.63, 3.8) is 0 Å². The maximum atomic E-state index is 13.4. The van der Waals surface area contributed by atoms with E-state index in [-0.39, 0.29) is 5.43 Å². The van der Waals surface area contributed by atoms with Crippen LogP contribution in [0.15, 0.2) is 94.1 Å². The van der Waals surface area contributed by atoms with Crippen molar-refractivity contribution < 1.29 is 4.42 Å². The summed E-state index contributed by atoms with van der Waals surface area (Å²) in [5.41, 5.74) is 3.08. The minimum atomic E-state index is -0.102. The van der Waals surface area contributed by atoms with Crippen LogP contribution < -0.4 is 5.43 Å². The van der Waals surface area contributed by atoms with Crippen LogP contribution in [-0.2, 0) is 0 Å². The van der Waals surface area contributed by atoms with E-state index in [2.05, 4.69) is 0 Å². The van der Waals surface area contributed by atoms with Crippen molar-refractivity contribution in [2.45, 2.75) is 0 Å². The Bertz CT molecular complexity index is 1390. The molecule has 0 amide bonds. The molecule has 0 saturated heterocycles. The number of nitrogens with zero attached hydrogens (tertiary/aromatic N) is 1. The predicted octanol–water partition coefficient (Wildman–Crippen LogP) is 6.33. The zero-order valence-corrected chi connectivity index (χ0v) is 15.5. The highest BCUT2D eigenvalue weighted by Crippen LogP contribution is 2.33. The standard InChI is InChI=1S/C24H14ClNO2/c25-17-12-9-16(10-13-17)24-22(23(27)18-6-2-4-8-21(18)28-24)20-14-11-15-5-1-3-7-19(15)26-20/h1-14H. The van der Waals surface area contributed by atoms with E-state index in [0.717, 1.165) is 16.5 Å². The fraction of sp³-hybridized carbons (Fsp3) is 0. The molecule has 0 fully saturated rings. The van der Waals surface area contributed by atoms with E-state index >= 15 is 0 Å². The summed E-state index contributed by atoms with van der Waals surface area (Å²) in [6, 6.07) is 26.2. The molecule has 2 aromatic heterocycles. The van der Waals surface area contributed by atoms with Crippen molar-refractivity contribution in [3.05, 3.63) is 100 Å². The third-order valence-electron chi connectivity index (χ3n) is 4.76. The molecule has 0 atom stereocenters. The predicted molar refractivity (Wildman–Crippen MR) is 114 cm³/mol. The zero-order chi connectivity index (χ0) is 19.1. The van der Waals surface area contributed by atoms with Crippen molar-refractivity contribution in [2.24, 2.45) is 0 Å². The number of para-hydroxylation sites is 2. The van der Waals surface area contributed by atoms with Gasteiger partial charge in [0.1, 0.15) is 11.3 Å². The Kier molecular flexibility index (Phi) is 3.96. The molecule has 0 spiro atoms. The van der Waals surface area contributed by atoms with Gasteiger partial charge in [-0.15, -0.1) is 0 Å². The summed E-state index contributed by atoms with van der Waals surface area (Å²) in [4.78, 5) is 18.1. The molecule has 3 nitrogen and oxygen atoms in total. The second-order valence-corrected chi connectivity index (χ2v) is 6.96. The summed E-state index contributed by atoms with van der Waals surface area (Å²) in [5.74, 6) is 0.489. The van der Waals surface area contributed by atoms with Crippen molar-refractivity contribution >= 4 is 33.5 Å². The van der Waals surface area contributed by atoms with E-state index in [0.29, 0.717) is 33.0 Å². The molecule has 0 aliphatic heterocycles. The third kappa shape index (κ3) is 2.77. The van der Waals surface area contributed by atoms with Crippen molar-refractivity contribution in [1.29, 1.82) is 0 Å². The van der Waals surface area contributed by atoms with Gasteiger partial charge in [-0.1, -0.05) is 48.0 Å². The first-order valence-electron chi connectivity index (χ1n) is 8.89. The largest absolute Gasteiger partial charge is 0.455 e. The molecule has 0 aliphatic carbocycles. The number of pyridine rings is 1. The monoisotopic (exact) mass is 383 g/mol. The molecule has 3 aromatic carbocycles. The van der Waals surface area contributed by atoms with Gasteiger partial charge in [0.25, 0.3) is 0 Å². The van der Waals surface area contributed by atoms with Crippen molar-refractivity contribution in [3.8, 4) is 22.6 Å². The SMILES string of the molecule is O=c1c(-c2ccc3ccccc3n2)c(-c2ccc(Cl)cc2)oc2ccccc12. The van der Waals surface area contributed by atoms with Crippen LogP contribution >= 0.6 is 11.6 Å². The Balaban J connectivity index is 1.87. The lowest BCUT2D eigenvalue weighted by atomic mass is 10.0. The second-order valence-electron chi connectivity index (χ2n) is 6.53. The summed E-state index contributed by atoms with van der Waals surface area (Å²) in [5, 5.41) is 2.17. The first kappa shape index (κ1) is 16.7. The van der Waals surface area contributed by atoms with Gasteiger partial charge in [-0.25, -0.2) is 4.98 Å². The van der Waals surface area contributed by atoms with E-state index in [1.807, 2.05) is 60.7 Å². The van der Waals surface area contributed by atoms with Crippen LogP contribution in [0.2, 0.25) is 5.02 Å². The van der Waals surface area contributed by atoms with E-state index in [4.69, 9.17) is 21.0 Å². The lowest BCUT2D eigenvalue weighted by Crippen LogP contribution is -2.08. The van der Waals surface area contributed by atoms with Gasteiger partial charge in [0.05, 0.1) is 22.2 Å². The molecule has 134 valence electrons. The summed E-state index contributed by atoms with van der Waals surface area (Å²) in [7, 11) is 0. The smallest absolute Gasteiger partial charge is 0.202 e. The molecule has 0 bridgehead atoms. The Morgan fingerprint density at radius 3 is 2.39 bits per heavy atom. The molecular weight excluding hydrogens is 370 g/mol. The normalized spacial score (nSPS) is 11.2. The van der Waals surface area contributed by atoms with Crippen molar-refractivity contribution in [2.75, 3.05) is 0 Å². The van der Waals surface area contributed by atoms with Crippen LogP contribution in [0.4, 0.5) is 0 Å². The lowest BCUT2D eigenvalue weighted by Gasteiger charge is -2.11. The third-order valence-corrected chi connectivity index (χ3v) is 5.01. The molecule has 0 radical (unpaired) electrons. The van der Waals surface area contributed by atoms with Gasteiger partial charge in [0.15, 0.2) is 0 Å². The number of rotatable bonds is 2. The summed E-state index contributed by atoms with van der Waals surface area (Å²) in [6.45, 7) is 0. The second kappa shape index (κ2) is 6.63. The molecule has 0 saturated carbocycles. The quantitative estimate of drug-likeness (QED) is 0.358. The number of aromatic nitrogens is 1. The van der Waals surface area contributed by atoms with Gasteiger partial charge >= 0.3 is 0 Å². The Morgan fingerprint density at radius 1 is 0.786 bits per heavy atom. The van der Waals surface area contributed by atoms with Gasteiger partial charge in [-0.3, -0.25) is 4.79 Å². The molecular formula is C24H14ClNO2. The van der Waals surface area contributed by atoms with Crippen LogP contribution in [0.5, 0.6) is 0 Å². The molecule has 0 N–H and O–H groups in total. The van der Waals surface area contributed by atoms with E-state index in [1.54, 1.807) is 24.3 Å². The van der Waals surface area contributed by atoms with Crippen LogP contribution in [-0.4, -0.2) is 4.98 Å². The average Bonchev–Trinajstić information content (AvgIpc) is 2.74. The summed E-state index contributed by atoms with van der Waals surface area (Å²) < 4.78 is 6.18. The highest BCUT2D eigenvalue weighted by molar-refractivity contribution is 6.30. The fourth-order valence-electron chi connectivity index (χ4n) is 3.38. The van der Waals surface area contributed by atoms with E-state index in [9.17, 15) is 4.79 Å². The Hall–Kier alpha value is -3.43. The molecule has 0 aliphatic rings. The molecule has 4 heteroatoms. The fourth-order valence-corrected chi connectivity index (χ4v) is 3.51. The zero-order valence-electron chi connectivity index (χ0n) is 14.7. The molecule has 0 unspecified atom stereocenters. The van der Waals surface area contributed by atoms with Gasteiger partial charge in [0, 0.05) is 16.0 Å². The van der Waals surface area contributed by atoms with Gasteiger partial charge in [0.2, 0.25) is 5.43 Å². The number of fused-ring (bicyclic) bond motifs is 2. The first-order valence-corrected chi connectivity index (χ1v) is 9.26. The van der Waals surface area contributed by atoms with Crippen molar-refractivity contribution in [1.82, 2.24) is 4.98 Å². The Morgan fingerprint density at radius 2 is 1.54 bits per heavy atom. The molecule has 28 heavy (non-hydrogen) atoms. The minimum absolute atomic E-state index is 0.102. The topological polar surface area (TPSA) is 43.1 Å². The van der Waals surface area contributed by atoms with Gasteiger partial charge in [-0.05, 0) is 48.5 Å². The van der Waals surface area contributed by atoms with Gasteiger partial charge in [-0.2, -0.15) is 0 Å². The van der Waals surface area contributed by atoms with Gasteiger partial charge < -0.3 is 4.42 Å². The first-order chi connectivity index (χ1) is 13.7. The molecule has 2 heterocycles. The number of hydrogen-bond acceptors (Lipinski definition) is 3. The highest BCUT2D eigenvalue weighted by atomic mass is 35.5. The average molecular weight is 384 g/mol. The molecule has 5 rings (SSSR count). The van der Waals surface area contributed by atoms with E-state index < -0.39 is 0 Å². The number of benzene rings is 3. The van der Waals surface area contributed by atoms with Crippen LogP contribution in [0.25, 0.3) is 44.5 Å². The minimum Gasteiger partial charge on any atom is -0.455 e. The lowest BCUT2D eigenvalue weighted by molar-refractivity contribution is 0.620. The summed E-state index contributed by atoms with van der Waals surface area (Å²) >= 11 is 6.04. The molecule has 5 aromatic rings. The van der Waals surface area contributed by atoms with Crippen LogP contribution in [0.1, 0.15) is 0 Å². The van der Waals surface area contributed by atoms with Crippen LogP contribution in [0.3, 0.4) is 0 Å². The number of hydrogen-bond donors (Lipinski definition) is 0. The van der Waals surface area contributed by atoms with E-state index in [1.165, 1.54) is 0 Å². The highest BCUT2D eigenvalue weighted by Gasteiger charge is 2.19. The number of halogens is 1. The maximum absolute atomic E-state index is 13.4. The summed E-state index contributed by atoms with van der Waals surface area (Å²) in [6.07, 6.45) is 0. The Labute approximate surface area is 165 Å².